The Hall–Kier alpha value is -3.28. The lowest BCUT2D eigenvalue weighted by molar-refractivity contribution is 0.444. The van der Waals surface area contributed by atoms with Gasteiger partial charge in [-0.3, -0.25) is 0 Å². The van der Waals surface area contributed by atoms with Crippen molar-refractivity contribution >= 4 is 0 Å². The molecule has 0 atom stereocenters. The molecule has 0 radical (unpaired) electrons. The van der Waals surface area contributed by atoms with E-state index < -0.39 is 0 Å². The van der Waals surface area contributed by atoms with Gasteiger partial charge in [-0.15, -0.1) is 5.10 Å². The van der Waals surface area contributed by atoms with Crippen LogP contribution in [0.4, 0.5) is 0 Å². The van der Waals surface area contributed by atoms with Crippen LogP contribution in [-0.4, -0.2) is 30.0 Å². The number of rotatable bonds is 4. The highest BCUT2D eigenvalue weighted by atomic mass is 15.6. The first-order valence-electron chi connectivity index (χ1n) is 7.29. The molecule has 0 unspecified atom stereocenters. The fraction of sp³-hybridized carbons (Fsp3) is 0.0588. The molecule has 0 aliphatic carbocycles. The van der Waals surface area contributed by atoms with E-state index in [1.165, 1.54) is 0 Å². The normalized spacial score (nSPS) is 10.8. The molecule has 112 valence electrons. The predicted molar refractivity (Wildman–Crippen MR) is 86.3 cm³/mol. The molecular formula is C17H14N6. The van der Waals surface area contributed by atoms with Crippen molar-refractivity contribution in [3.8, 4) is 22.5 Å². The van der Waals surface area contributed by atoms with Gasteiger partial charge >= 0.3 is 0 Å². The standard InChI is InChI=1S/C17H14N6/c1-3-7-14(8-4-1)16-11-18-23(20-16)13-22-12-17(19-21-22)15-9-5-2-6-10-15/h1-12H,13H2. The summed E-state index contributed by atoms with van der Waals surface area (Å²) < 4.78 is 1.72. The fourth-order valence-corrected chi connectivity index (χ4v) is 2.34. The topological polar surface area (TPSA) is 61.4 Å². The zero-order chi connectivity index (χ0) is 15.5. The summed E-state index contributed by atoms with van der Waals surface area (Å²) in [7, 11) is 0. The molecule has 2 heterocycles. The van der Waals surface area contributed by atoms with Crippen LogP contribution in [0, 0.1) is 0 Å². The summed E-state index contributed by atoms with van der Waals surface area (Å²) in [5.74, 6) is 0. The van der Waals surface area contributed by atoms with E-state index in [1.54, 1.807) is 15.7 Å². The van der Waals surface area contributed by atoms with Gasteiger partial charge in [0.1, 0.15) is 11.4 Å². The quantitative estimate of drug-likeness (QED) is 0.581. The number of hydrogen-bond donors (Lipinski definition) is 0. The number of nitrogens with zero attached hydrogens (tertiary/aromatic N) is 6. The Morgan fingerprint density at radius 1 is 0.783 bits per heavy atom. The van der Waals surface area contributed by atoms with Gasteiger partial charge in [0.05, 0.1) is 12.4 Å². The van der Waals surface area contributed by atoms with Crippen molar-refractivity contribution in [2.75, 3.05) is 0 Å². The number of benzene rings is 2. The third-order valence-corrected chi connectivity index (χ3v) is 3.49. The van der Waals surface area contributed by atoms with Crippen molar-refractivity contribution < 1.29 is 0 Å². The monoisotopic (exact) mass is 302 g/mol. The van der Waals surface area contributed by atoms with E-state index in [2.05, 4.69) is 20.5 Å². The van der Waals surface area contributed by atoms with E-state index in [0.717, 1.165) is 22.5 Å². The summed E-state index contributed by atoms with van der Waals surface area (Å²) in [5.41, 5.74) is 3.76. The van der Waals surface area contributed by atoms with Crippen LogP contribution in [0.3, 0.4) is 0 Å². The Morgan fingerprint density at radius 3 is 2.13 bits per heavy atom. The largest absolute Gasteiger partial charge is 0.228 e. The summed E-state index contributed by atoms with van der Waals surface area (Å²) >= 11 is 0. The van der Waals surface area contributed by atoms with Crippen molar-refractivity contribution in [2.24, 2.45) is 0 Å². The van der Waals surface area contributed by atoms with Crippen LogP contribution < -0.4 is 0 Å². The molecule has 4 rings (SSSR count). The van der Waals surface area contributed by atoms with E-state index in [1.807, 2.05) is 66.9 Å². The molecule has 0 spiro atoms. The van der Waals surface area contributed by atoms with Crippen LogP contribution in [0.5, 0.6) is 0 Å². The average molecular weight is 302 g/mol. The number of hydrogen-bond acceptors (Lipinski definition) is 4. The fourth-order valence-electron chi connectivity index (χ4n) is 2.34. The van der Waals surface area contributed by atoms with Crippen LogP contribution in [-0.2, 0) is 6.67 Å². The third-order valence-electron chi connectivity index (χ3n) is 3.49. The maximum atomic E-state index is 4.47. The predicted octanol–water partition coefficient (Wildman–Crippen LogP) is 2.71. The molecule has 0 saturated carbocycles. The Morgan fingerprint density at radius 2 is 1.43 bits per heavy atom. The van der Waals surface area contributed by atoms with Crippen LogP contribution in [0.25, 0.3) is 22.5 Å². The lowest BCUT2D eigenvalue weighted by atomic mass is 10.2. The first kappa shape index (κ1) is 13.4. The zero-order valence-electron chi connectivity index (χ0n) is 12.3. The molecule has 0 N–H and O–H groups in total. The van der Waals surface area contributed by atoms with E-state index in [9.17, 15) is 0 Å². The molecule has 2 aromatic heterocycles. The molecule has 0 amide bonds. The second-order valence-corrected chi connectivity index (χ2v) is 5.12. The van der Waals surface area contributed by atoms with Crippen LogP contribution in [0.2, 0.25) is 0 Å². The molecule has 4 aromatic rings. The van der Waals surface area contributed by atoms with Crippen molar-refractivity contribution in [1.29, 1.82) is 0 Å². The SMILES string of the molecule is c1ccc(-c2cn(Cn3ncc(-c4ccccc4)n3)nn2)cc1. The minimum Gasteiger partial charge on any atom is -0.228 e. The first-order chi connectivity index (χ1) is 11.4. The summed E-state index contributed by atoms with van der Waals surface area (Å²) in [4.78, 5) is 1.60. The molecule has 0 saturated heterocycles. The van der Waals surface area contributed by atoms with Gasteiger partial charge in [-0.1, -0.05) is 65.9 Å². The molecule has 0 aliphatic rings. The lowest BCUT2D eigenvalue weighted by Gasteiger charge is -1.98. The van der Waals surface area contributed by atoms with Gasteiger partial charge < -0.3 is 0 Å². The van der Waals surface area contributed by atoms with Gasteiger partial charge in [0, 0.05) is 11.1 Å². The van der Waals surface area contributed by atoms with Gasteiger partial charge in [0.15, 0.2) is 6.67 Å². The Labute approximate surface area is 133 Å². The average Bonchev–Trinajstić information content (AvgIpc) is 3.27. The van der Waals surface area contributed by atoms with Crippen LogP contribution in [0.15, 0.2) is 73.1 Å². The van der Waals surface area contributed by atoms with Crippen molar-refractivity contribution in [3.05, 3.63) is 73.1 Å². The Balaban J connectivity index is 1.53. The van der Waals surface area contributed by atoms with Crippen molar-refractivity contribution in [1.82, 2.24) is 30.0 Å². The molecule has 23 heavy (non-hydrogen) atoms. The molecular weight excluding hydrogens is 288 g/mol. The highest BCUT2D eigenvalue weighted by Crippen LogP contribution is 2.16. The van der Waals surface area contributed by atoms with Crippen molar-refractivity contribution in [3.63, 3.8) is 0 Å². The van der Waals surface area contributed by atoms with Gasteiger partial charge in [0.25, 0.3) is 0 Å². The van der Waals surface area contributed by atoms with E-state index in [-0.39, 0.29) is 0 Å². The first-order valence-corrected chi connectivity index (χ1v) is 7.29. The third kappa shape index (κ3) is 2.87. The summed E-state index contributed by atoms with van der Waals surface area (Å²) in [6.45, 7) is 0.423. The summed E-state index contributed by atoms with van der Waals surface area (Å²) in [5, 5.41) is 17.1. The molecule has 6 nitrogen and oxygen atoms in total. The second kappa shape index (κ2) is 5.84. The second-order valence-electron chi connectivity index (χ2n) is 5.12. The summed E-state index contributed by atoms with van der Waals surface area (Å²) in [6, 6.07) is 19.9. The minimum atomic E-state index is 0.423. The molecule has 0 aliphatic heterocycles. The maximum Gasteiger partial charge on any atom is 0.154 e. The van der Waals surface area contributed by atoms with E-state index in [4.69, 9.17) is 0 Å². The van der Waals surface area contributed by atoms with E-state index >= 15 is 0 Å². The maximum absolute atomic E-state index is 4.47. The van der Waals surface area contributed by atoms with Gasteiger partial charge in [-0.05, 0) is 0 Å². The van der Waals surface area contributed by atoms with Crippen molar-refractivity contribution in [2.45, 2.75) is 6.67 Å². The van der Waals surface area contributed by atoms with Gasteiger partial charge in [-0.2, -0.15) is 15.0 Å². The molecule has 6 heteroatoms. The smallest absolute Gasteiger partial charge is 0.154 e. The zero-order valence-corrected chi connectivity index (χ0v) is 12.3. The number of aromatic nitrogens is 6. The van der Waals surface area contributed by atoms with Crippen LogP contribution in [0.1, 0.15) is 0 Å². The highest BCUT2D eigenvalue weighted by molar-refractivity contribution is 5.57. The van der Waals surface area contributed by atoms with E-state index in [0.29, 0.717) is 6.67 Å². The van der Waals surface area contributed by atoms with Crippen LogP contribution >= 0.6 is 0 Å². The minimum absolute atomic E-state index is 0.423. The molecule has 2 aromatic carbocycles. The summed E-state index contributed by atoms with van der Waals surface area (Å²) in [6.07, 6.45) is 3.64. The van der Waals surface area contributed by atoms with Gasteiger partial charge in [0.2, 0.25) is 0 Å². The molecule has 0 fully saturated rings. The highest BCUT2D eigenvalue weighted by Gasteiger charge is 2.06. The lowest BCUT2D eigenvalue weighted by Crippen LogP contribution is -2.11. The van der Waals surface area contributed by atoms with Gasteiger partial charge in [-0.25, -0.2) is 4.68 Å². The Bertz CT molecular complexity index is 819. The molecule has 0 bridgehead atoms. The Kier molecular flexibility index (Phi) is 3.40.